The lowest BCUT2D eigenvalue weighted by atomic mass is 10.1. The Hall–Kier alpha value is -2.20. The quantitative estimate of drug-likeness (QED) is 0.857. The monoisotopic (exact) mass is 284 g/mol. The summed E-state index contributed by atoms with van der Waals surface area (Å²) in [6.45, 7) is 4.86. The Balaban J connectivity index is 1.95. The highest BCUT2D eigenvalue weighted by Crippen LogP contribution is 2.14. The summed E-state index contributed by atoms with van der Waals surface area (Å²) in [5, 5.41) is 3.43. The maximum atomic E-state index is 11.3. The first-order chi connectivity index (χ1) is 10.1. The lowest BCUT2D eigenvalue weighted by Crippen LogP contribution is -2.19. The van der Waals surface area contributed by atoms with E-state index in [1.165, 1.54) is 18.2 Å². The molecule has 0 aliphatic rings. The smallest absolute Gasteiger partial charge is 0.339 e. The van der Waals surface area contributed by atoms with Gasteiger partial charge in [0.25, 0.3) is 0 Å². The molecule has 0 saturated carbocycles. The molecular formula is C17H20N2O2. The second-order valence-electron chi connectivity index (χ2n) is 5.05. The molecule has 1 N–H and O–H groups in total. The predicted molar refractivity (Wildman–Crippen MR) is 82.0 cm³/mol. The molecular weight excluding hydrogens is 264 g/mol. The van der Waals surface area contributed by atoms with Gasteiger partial charge in [-0.05, 0) is 31.5 Å². The van der Waals surface area contributed by atoms with Crippen LogP contribution in [0.1, 0.15) is 40.1 Å². The van der Waals surface area contributed by atoms with E-state index in [0.717, 1.165) is 5.69 Å². The summed E-state index contributed by atoms with van der Waals surface area (Å²) in [5.41, 5.74) is 3.86. The molecule has 4 heteroatoms. The molecule has 2 rings (SSSR count). The van der Waals surface area contributed by atoms with Gasteiger partial charge in [0.2, 0.25) is 0 Å². The fourth-order valence-electron chi connectivity index (χ4n) is 2.08. The van der Waals surface area contributed by atoms with Crippen molar-refractivity contribution in [3.63, 3.8) is 0 Å². The summed E-state index contributed by atoms with van der Waals surface area (Å²) in [7, 11) is 1.36. The van der Waals surface area contributed by atoms with Gasteiger partial charge in [-0.25, -0.2) is 4.79 Å². The number of pyridine rings is 1. The van der Waals surface area contributed by atoms with Gasteiger partial charge in [0, 0.05) is 18.8 Å². The summed E-state index contributed by atoms with van der Waals surface area (Å²) in [6.07, 6.45) is 1.54. The second kappa shape index (κ2) is 6.99. The van der Waals surface area contributed by atoms with Gasteiger partial charge in [-0.2, -0.15) is 0 Å². The molecule has 0 saturated heterocycles. The maximum absolute atomic E-state index is 11.3. The Labute approximate surface area is 125 Å². The number of esters is 1. The van der Waals surface area contributed by atoms with Gasteiger partial charge in [0.15, 0.2) is 0 Å². The molecule has 21 heavy (non-hydrogen) atoms. The van der Waals surface area contributed by atoms with Crippen LogP contribution in [0.2, 0.25) is 0 Å². The van der Waals surface area contributed by atoms with Gasteiger partial charge in [-0.3, -0.25) is 4.98 Å². The van der Waals surface area contributed by atoms with Gasteiger partial charge in [-0.15, -0.1) is 0 Å². The van der Waals surface area contributed by atoms with Crippen molar-refractivity contribution in [2.24, 2.45) is 0 Å². The fraction of sp³-hybridized carbons (Fsp3) is 0.294. The Bertz CT molecular complexity index is 608. The number of carbonyl (C=O) groups is 1. The second-order valence-corrected chi connectivity index (χ2v) is 5.05. The van der Waals surface area contributed by atoms with E-state index in [4.69, 9.17) is 0 Å². The van der Waals surface area contributed by atoms with Crippen LogP contribution in [0.3, 0.4) is 0 Å². The van der Waals surface area contributed by atoms with E-state index in [0.29, 0.717) is 12.1 Å². The Morgan fingerprint density at radius 3 is 2.76 bits per heavy atom. The molecule has 1 aromatic carbocycles. The van der Waals surface area contributed by atoms with Crippen molar-refractivity contribution in [3.8, 4) is 0 Å². The van der Waals surface area contributed by atoms with E-state index >= 15 is 0 Å². The van der Waals surface area contributed by atoms with Crippen LogP contribution in [0, 0.1) is 6.92 Å². The fourth-order valence-corrected chi connectivity index (χ4v) is 2.08. The van der Waals surface area contributed by atoms with Gasteiger partial charge >= 0.3 is 5.97 Å². The molecule has 1 aromatic heterocycles. The minimum Gasteiger partial charge on any atom is -0.465 e. The van der Waals surface area contributed by atoms with Gasteiger partial charge in [0.05, 0.1) is 18.4 Å². The van der Waals surface area contributed by atoms with Crippen LogP contribution in [-0.4, -0.2) is 18.1 Å². The van der Waals surface area contributed by atoms with Crippen molar-refractivity contribution < 1.29 is 9.53 Å². The number of nitrogens with one attached hydrogen (secondary N) is 1. The number of carbonyl (C=O) groups excluding carboxylic acids is 1. The van der Waals surface area contributed by atoms with Crippen LogP contribution in [0.5, 0.6) is 0 Å². The zero-order valence-electron chi connectivity index (χ0n) is 12.6. The van der Waals surface area contributed by atoms with Crippen LogP contribution < -0.4 is 5.32 Å². The van der Waals surface area contributed by atoms with E-state index in [1.807, 2.05) is 6.07 Å². The van der Waals surface area contributed by atoms with Crippen molar-refractivity contribution in [3.05, 3.63) is 65.0 Å². The normalized spacial score (nSPS) is 12.0. The number of benzene rings is 1. The first-order valence-corrected chi connectivity index (χ1v) is 6.93. The van der Waals surface area contributed by atoms with E-state index in [2.05, 4.69) is 53.2 Å². The molecule has 1 atom stereocenters. The number of hydrogen-bond acceptors (Lipinski definition) is 4. The summed E-state index contributed by atoms with van der Waals surface area (Å²) >= 11 is 0. The third kappa shape index (κ3) is 4.13. The summed E-state index contributed by atoms with van der Waals surface area (Å²) < 4.78 is 4.65. The van der Waals surface area contributed by atoms with Gasteiger partial charge in [0.1, 0.15) is 0 Å². The van der Waals surface area contributed by atoms with E-state index in [9.17, 15) is 4.79 Å². The highest BCUT2D eigenvalue weighted by atomic mass is 16.5. The molecule has 2 aromatic rings. The zero-order chi connectivity index (χ0) is 15.2. The van der Waals surface area contributed by atoms with Crippen molar-refractivity contribution in [2.75, 3.05) is 7.11 Å². The van der Waals surface area contributed by atoms with E-state index in [1.54, 1.807) is 12.3 Å². The van der Waals surface area contributed by atoms with E-state index in [-0.39, 0.29) is 12.0 Å². The minimum atomic E-state index is -0.366. The molecule has 0 radical (unpaired) electrons. The number of aromatic nitrogens is 1. The number of nitrogens with zero attached hydrogens (tertiary/aromatic N) is 1. The molecule has 1 heterocycles. The Morgan fingerprint density at radius 1 is 1.33 bits per heavy atom. The first kappa shape index (κ1) is 15.2. The van der Waals surface area contributed by atoms with Crippen LogP contribution in [0.25, 0.3) is 0 Å². The third-order valence-corrected chi connectivity index (χ3v) is 3.38. The molecule has 110 valence electrons. The summed E-state index contributed by atoms with van der Waals surface area (Å²) in [4.78, 5) is 15.6. The minimum absolute atomic E-state index is 0.243. The topological polar surface area (TPSA) is 51.2 Å². The molecule has 0 fully saturated rings. The zero-order valence-corrected chi connectivity index (χ0v) is 12.6. The molecule has 0 spiro atoms. The maximum Gasteiger partial charge on any atom is 0.339 e. The average molecular weight is 284 g/mol. The van der Waals surface area contributed by atoms with Crippen LogP contribution in [0.15, 0.2) is 42.6 Å². The average Bonchev–Trinajstić information content (AvgIpc) is 2.52. The van der Waals surface area contributed by atoms with Crippen LogP contribution >= 0.6 is 0 Å². The molecule has 4 nitrogen and oxygen atoms in total. The molecule has 0 aliphatic heterocycles. The third-order valence-electron chi connectivity index (χ3n) is 3.38. The summed E-state index contributed by atoms with van der Waals surface area (Å²) in [6, 6.07) is 12.2. The van der Waals surface area contributed by atoms with Crippen molar-refractivity contribution in [2.45, 2.75) is 26.4 Å². The van der Waals surface area contributed by atoms with Crippen molar-refractivity contribution >= 4 is 5.97 Å². The lowest BCUT2D eigenvalue weighted by molar-refractivity contribution is 0.0600. The van der Waals surface area contributed by atoms with Crippen LogP contribution in [0.4, 0.5) is 0 Å². The van der Waals surface area contributed by atoms with Crippen molar-refractivity contribution in [1.82, 2.24) is 10.3 Å². The lowest BCUT2D eigenvalue weighted by Gasteiger charge is -2.14. The number of hydrogen-bond donors (Lipinski definition) is 1. The predicted octanol–water partition coefficient (Wildman–Crippen LogP) is 3.03. The summed E-state index contributed by atoms with van der Waals surface area (Å²) in [5.74, 6) is -0.366. The molecule has 0 aliphatic carbocycles. The SMILES string of the molecule is COC(=O)c1ccc(CN[C@@H](C)c2cccc(C)c2)nc1. The van der Waals surface area contributed by atoms with Gasteiger partial charge in [-0.1, -0.05) is 29.8 Å². The molecule has 0 amide bonds. The molecule has 0 unspecified atom stereocenters. The van der Waals surface area contributed by atoms with E-state index < -0.39 is 0 Å². The highest BCUT2D eigenvalue weighted by Gasteiger charge is 2.07. The number of methoxy groups -OCH3 is 1. The first-order valence-electron chi connectivity index (χ1n) is 6.93. The standard InChI is InChI=1S/C17H20N2O2/c1-12-5-4-6-14(9-12)13(2)18-11-16-8-7-15(10-19-16)17(20)21-3/h4-10,13,18H,11H2,1-3H3/t13-/m0/s1. The largest absolute Gasteiger partial charge is 0.465 e. The van der Waals surface area contributed by atoms with Crippen LogP contribution in [-0.2, 0) is 11.3 Å². The Kier molecular flexibility index (Phi) is 5.06. The number of aryl methyl sites for hydroxylation is 1. The van der Waals surface area contributed by atoms with Gasteiger partial charge < -0.3 is 10.1 Å². The Morgan fingerprint density at radius 2 is 2.14 bits per heavy atom. The van der Waals surface area contributed by atoms with Crippen molar-refractivity contribution in [1.29, 1.82) is 0 Å². The number of ether oxygens (including phenoxy) is 1. The highest BCUT2D eigenvalue weighted by molar-refractivity contribution is 5.88. The number of rotatable bonds is 5. The molecule has 0 bridgehead atoms.